The third kappa shape index (κ3) is 4.21. The van der Waals surface area contributed by atoms with Crippen LogP contribution >= 0.6 is 11.3 Å². The van der Waals surface area contributed by atoms with Crippen molar-refractivity contribution in [1.29, 1.82) is 0 Å². The summed E-state index contributed by atoms with van der Waals surface area (Å²) in [6, 6.07) is 4.78. The second kappa shape index (κ2) is 6.59. The van der Waals surface area contributed by atoms with Crippen molar-refractivity contribution in [3.63, 3.8) is 0 Å². The number of hydrogen-bond acceptors (Lipinski definition) is 3. The van der Waals surface area contributed by atoms with E-state index in [1.807, 2.05) is 11.3 Å². The quantitative estimate of drug-likeness (QED) is 0.875. The van der Waals surface area contributed by atoms with Crippen LogP contribution in [0, 0.1) is 5.92 Å². The van der Waals surface area contributed by atoms with Crippen LogP contribution in [0.4, 0.5) is 4.79 Å². The Kier molecular flexibility index (Phi) is 4.58. The number of rotatable bonds is 5. The van der Waals surface area contributed by atoms with Crippen molar-refractivity contribution in [2.45, 2.75) is 38.3 Å². The van der Waals surface area contributed by atoms with Crippen LogP contribution in [-0.4, -0.2) is 36.6 Å². The highest BCUT2D eigenvalue weighted by Crippen LogP contribution is 2.20. The molecule has 1 saturated heterocycles. The van der Waals surface area contributed by atoms with Gasteiger partial charge in [-0.25, -0.2) is 4.79 Å². The van der Waals surface area contributed by atoms with E-state index in [9.17, 15) is 4.79 Å². The first kappa shape index (κ1) is 13.9. The van der Waals surface area contributed by atoms with Crippen LogP contribution in [0.25, 0.3) is 0 Å². The second-order valence-electron chi connectivity index (χ2n) is 5.95. The molecule has 1 saturated carbocycles. The van der Waals surface area contributed by atoms with Crippen molar-refractivity contribution in [3.8, 4) is 0 Å². The van der Waals surface area contributed by atoms with Gasteiger partial charge in [0.2, 0.25) is 0 Å². The lowest BCUT2D eigenvalue weighted by molar-refractivity contribution is 0.166. The minimum atomic E-state index is 0.0166. The van der Waals surface area contributed by atoms with Gasteiger partial charge in [-0.3, -0.25) is 4.90 Å². The van der Waals surface area contributed by atoms with Crippen LogP contribution in [0.1, 0.15) is 30.6 Å². The lowest BCUT2D eigenvalue weighted by Gasteiger charge is -2.32. The fraction of sp³-hybridized carbons (Fsp3) is 0.667. The molecule has 20 heavy (non-hydrogen) atoms. The van der Waals surface area contributed by atoms with Gasteiger partial charge in [-0.2, -0.15) is 0 Å². The van der Waals surface area contributed by atoms with Crippen molar-refractivity contribution < 1.29 is 4.79 Å². The molecule has 2 heterocycles. The lowest BCUT2D eigenvalue weighted by Crippen LogP contribution is -2.43. The fourth-order valence-electron chi connectivity index (χ4n) is 2.79. The summed E-state index contributed by atoms with van der Waals surface area (Å²) in [4.78, 5) is 15.6. The topological polar surface area (TPSA) is 44.4 Å². The number of piperidine rings is 1. The van der Waals surface area contributed by atoms with E-state index in [1.165, 1.54) is 24.3 Å². The molecule has 2 aliphatic rings. The van der Waals surface area contributed by atoms with Gasteiger partial charge < -0.3 is 10.6 Å². The molecule has 1 aliphatic carbocycles. The largest absolute Gasteiger partial charge is 0.338 e. The smallest absolute Gasteiger partial charge is 0.315 e. The van der Waals surface area contributed by atoms with Crippen LogP contribution < -0.4 is 10.6 Å². The summed E-state index contributed by atoms with van der Waals surface area (Å²) in [7, 11) is 0. The number of urea groups is 1. The Morgan fingerprint density at radius 2 is 2.30 bits per heavy atom. The molecular formula is C15H23N3OS. The van der Waals surface area contributed by atoms with Crippen LogP contribution in [0.3, 0.4) is 0 Å². The van der Waals surface area contributed by atoms with Crippen molar-refractivity contribution in [2.24, 2.45) is 5.92 Å². The van der Waals surface area contributed by atoms with Crippen molar-refractivity contribution in [1.82, 2.24) is 15.5 Å². The average molecular weight is 293 g/mol. The number of thiophene rings is 1. The number of carbonyl (C=O) groups is 1. The number of nitrogens with one attached hydrogen (secondary N) is 2. The van der Waals surface area contributed by atoms with E-state index >= 15 is 0 Å². The zero-order valence-corrected chi connectivity index (χ0v) is 12.6. The first-order valence-electron chi connectivity index (χ1n) is 7.58. The van der Waals surface area contributed by atoms with Gasteiger partial charge in [-0.15, -0.1) is 11.3 Å². The van der Waals surface area contributed by atoms with Gasteiger partial charge >= 0.3 is 6.03 Å². The third-order valence-corrected chi connectivity index (χ3v) is 4.89. The molecule has 2 N–H and O–H groups in total. The molecule has 2 fully saturated rings. The molecule has 1 aliphatic heterocycles. The maximum atomic E-state index is 11.6. The monoisotopic (exact) mass is 293 g/mol. The van der Waals surface area contributed by atoms with Gasteiger partial charge in [0.25, 0.3) is 0 Å². The fourth-order valence-corrected chi connectivity index (χ4v) is 3.53. The SMILES string of the molecule is O=C(NCC1CCCN(Cc2cccs2)C1)NC1CC1. The summed E-state index contributed by atoms with van der Waals surface area (Å²) in [5.41, 5.74) is 0. The molecule has 1 aromatic heterocycles. The minimum absolute atomic E-state index is 0.0166. The maximum Gasteiger partial charge on any atom is 0.315 e. The maximum absolute atomic E-state index is 11.6. The summed E-state index contributed by atoms with van der Waals surface area (Å²) < 4.78 is 0. The first-order valence-corrected chi connectivity index (χ1v) is 8.46. The molecule has 1 unspecified atom stereocenters. The zero-order valence-electron chi connectivity index (χ0n) is 11.8. The lowest BCUT2D eigenvalue weighted by atomic mass is 9.98. The van der Waals surface area contributed by atoms with Crippen molar-refractivity contribution in [2.75, 3.05) is 19.6 Å². The third-order valence-electron chi connectivity index (χ3n) is 4.03. The summed E-state index contributed by atoms with van der Waals surface area (Å²) in [6.07, 6.45) is 4.75. The van der Waals surface area contributed by atoms with E-state index in [1.54, 1.807) is 0 Å². The van der Waals surface area contributed by atoms with Gasteiger partial charge in [-0.1, -0.05) is 6.07 Å². The zero-order chi connectivity index (χ0) is 13.8. The molecule has 3 rings (SSSR count). The molecule has 4 nitrogen and oxygen atoms in total. The van der Waals surface area contributed by atoms with Crippen LogP contribution in [0.15, 0.2) is 17.5 Å². The van der Waals surface area contributed by atoms with E-state index in [-0.39, 0.29) is 6.03 Å². The summed E-state index contributed by atoms with van der Waals surface area (Å²) in [5, 5.41) is 8.15. The Balaban J connectivity index is 1.39. The molecule has 0 bridgehead atoms. The van der Waals surface area contributed by atoms with Crippen molar-refractivity contribution in [3.05, 3.63) is 22.4 Å². The molecular weight excluding hydrogens is 270 g/mol. The van der Waals surface area contributed by atoms with Gasteiger partial charge in [0.15, 0.2) is 0 Å². The van der Waals surface area contributed by atoms with E-state index in [4.69, 9.17) is 0 Å². The number of nitrogens with zero attached hydrogens (tertiary/aromatic N) is 1. The van der Waals surface area contributed by atoms with Gasteiger partial charge in [0, 0.05) is 30.6 Å². The highest BCUT2D eigenvalue weighted by atomic mass is 32.1. The average Bonchev–Trinajstić information content (AvgIpc) is 3.11. The number of hydrogen-bond donors (Lipinski definition) is 2. The number of likely N-dealkylation sites (tertiary alicyclic amines) is 1. The van der Waals surface area contributed by atoms with Gasteiger partial charge in [0.1, 0.15) is 0 Å². The normalized spacial score (nSPS) is 23.5. The second-order valence-corrected chi connectivity index (χ2v) is 6.98. The first-order chi connectivity index (χ1) is 9.79. The van der Waals surface area contributed by atoms with E-state index in [0.717, 1.165) is 32.5 Å². The predicted molar refractivity (Wildman–Crippen MR) is 81.9 cm³/mol. The Labute approximate surface area is 124 Å². The minimum Gasteiger partial charge on any atom is -0.338 e. The summed E-state index contributed by atoms with van der Waals surface area (Å²) in [6.45, 7) is 4.15. The molecule has 0 spiro atoms. The molecule has 5 heteroatoms. The van der Waals surface area contributed by atoms with Crippen LogP contribution in [0.2, 0.25) is 0 Å². The van der Waals surface area contributed by atoms with E-state index in [0.29, 0.717) is 12.0 Å². The summed E-state index contributed by atoms with van der Waals surface area (Å²) in [5.74, 6) is 0.591. The Morgan fingerprint density at radius 1 is 1.40 bits per heavy atom. The van der Waals surface area contributed by atoms with Gasteiger partial charge in [0.05, 0.1) is 0 Å². The van der Waals surface area contributed by atoms with E-state index < -0.39 is 0 Å². The number of amides is 2. The highest BCUT2D eigenvalue weighted by Gasteiger charge is 2.24. The molecule has 1 atom stereocenters. The molecule has 2 amide bonds. The predicted octanol–water partition coefficient (Wildman–Crippen LogP) is 2.42. The van der Waals surface area contributed by atoms with Crippen LogP contribution in [-0.2, 0) is 6.54 Å². The highest BCUT2D eigenvalue weighted by molar-refractivity contribution is 7.09. The van der Waals surface area contributed by atoms with Crippen LogP contribution in [0.5, 0.6) is 0 Å². The molecule has 110 valence electrons. The van der Waals surface area contributed by atoms with Crippen molar-refractivity contribution >= 4 is 17.4 Å². The summed E-state index contributed by atoms with van der Waals surface area (Å²) >= 11 is 1.83. The Morgan fingerprint density at radius 3 is 3.05 bits per heavy atom. The molecule has 1 aromatic rings. The Bertz CT molecular complexity index is 430. The van der Waals surface area contributed by atoms with E-state index in [2.05, 4.69) is 33.0 Å². The molecule has 0 aromatic carbocycles. The van der Waals surface area contributed by atoms with Gasteiger partial charge in [-0.05, 0) is 49.6 Å². The molecule has 0 radical (unpaired) electrons. The standard InChI is InChI=1S/C15H23N3OS/c19-15(17-13-5-6-13)16-9-12-3-1-7-18(10-12)11-14-4-2-8-20-14/h2,4,8,12-13H,1,3,5-7,9-11H2,(H2,16,17,19). The number of carbonyl (C=O) groups excluding carboxylic acids is 1. The Hall–Kier alpha value is -1.07.